The van der Waals surface area contributed by atoms with Crippen LogP contribution in [0.5, 0.6) is 0 Å². The molecular formula is C20H27N5O. The standard InChI is InChI=1S/C20H27N5O/c21-18-14-19(24-20(23-18)15-4-2-1-3-5-15)22-16-6-8-17(9-7-16)25-10-12-26-13-11-25/h6-9,14-15H,1-5,10-13H2,(H3,21,22,23,24). The lowest BCUT2D eigenvalue weighted by Gasteiger charge is -2.29. The van der Waals surface area contributed by atoms with Crippen molar-refractivity contribution in [3.8, 4) is 0 Å². The van der Waals surface area contributed by atoms with Crippen molar-refractivity contribution in [3.63, 3.8) is 0 Å². The lowest BCUT2D eigenvalue weighted by molar-refractivity contribution is 0.122. The molecule has 3 N–H and O–H groups in total. The number of aromatic nitrogens is 2. The molecule has 1 aliphatic carbocycles. The highest BCUT2D eigenvalue weighted by Gasteiger charge is 2.19. The molecule has 0 spiro atoms. The highest BCUT2D eigenvalue weighted by atomic mass is 16.5. The third-order valence-electron chi connectivity index (χ3n) is 5.25. The van der Waals surface area contributed by atoms with Crippen LogP contribution in [0.4, 0.5) is 23.0 Å². The van der Waals surface area contributed by atoms with E-state index >= 15 is 0 Å². The number of nitrogens with two attached hydrogens (primary N) is 1. The first-order valence-corrected chi connectivity index (χ1v) is 9.62. The van der Waals surface area contributed by atoms with E-state index in [2.05, 4.69) is 39.5 Å². The van der Waals surface area contributed by atoms with Gasteiger partial charge in [0, 0.05) is 36.4 Å². The fourth-order valence-corrected chi connectivity index (χ4v) is 3.82. The van der Waals surface area contributed by atoms with E-state index in [4.69, 9.17) is 15.5 Å². The van der Waals surface area contributed by atoms with Gasteiger partial charge in [-0.15, -0.1) is 0 Å². The maximum atomic E-state index is 6.03. The molecule has 0 bridgehead atoms. The Kier molecular flexibility index (Phi) is 5.20. The molecule has 2 fully saturated rings. The molecule has 0 atom stereocenters. The lowest BCUT2D eigenvalue weighted by Crippen LogP contribution is -2.36. The summed E-state index contributed by atoms with van der Waals surface area (Å²) in [4.78, 5) is 11.6. The van der Waals surface area contributed by atoms with E-state index in [1.54, 1.807) is 0 Å². The minimum absolute atomic E-state index is 0.441. The van der Waals surface area contributed by atoms with Crippen LogP contribution in [0.2, 0.25) is 0 Å². The van der Waals surface area contributed by atoms with Gasteiger partial charge in [0.2, 0.25) is 0 Å². The van der Waals surface area contributed by atoms with Crippen molar-refractivity contribution in [2.24, 2.45) is 0 Å². The molecule has 4 rings (SSSR count). The average molecular weight is 353 g/mol. The summed E-state index contributed by atoms with van der Waals surface area (Å²) in [5.74, 6) is 2.64. The number of anilines is 4. The Morgan fingerprint density at radius 2 is 1.73 bits per heavy atom. The molecule has 0 amide bonds. The number of rotatable bonds is 4. The van der Waals surface area contributed by atoms with E-state index in [0.717, 1.165) is 56.5 Å². The van der Waals surface area contributed by atoms with Crippen molar-refractivity contribution in [2.75, 3.05) is 42.3 Å². The number of nitrogens with zero attached hydrogens (tertiary/aromatic N) is 3. The topological polar surface area (TPSA) is 76.3 Å². The van der Waals surface area contributed by atoms with Crippen molar-refractivity contribution < 1.29 is 4.74 Å². The smallest absolute Gasteiger partial charge is 0.136 e. The third-order valence-corrected chi connectivity index (χ3v) is 5.25. The second kappa shape index (κ2) is 7.91. The van der Waals surface area contributed by atoms with Crippen LogP contribution >= 0.6 is 0 Å². The molecule has 6 heteroatoms. The van der Waals surface area contributed by atoms with Crippen LogP contribution in [0.3, 0.4) is 0 Å². The Morgan fingerprint density at radius 3 is 2.46 bits per heavy atom. The van der Waals surface area contributed by atoms with Gasteiger partial charge in [-0.2, -0.15) is 0 Å². The molecule has 0 unspecified atom stereocenters. The van der Waals surface area contributed by atoms with Gasteiger partial charge in [-0.3, -0.25) is 0 Å². The second-order valence-corrected chi connectivity index (χ2v) is 7.14. The Labute approximate surface area is 154 Å². The lowest BCUT2D eigenvalue weighted by atomic mass is 9.89. The summed E-state index contributed by atoms with van der Waals surface area (Å²) >= 11 is 0. The molecular weight excluding hydrogens is 326 g/mol. The molecule has 1 saturated heterocycles. The molecule has 1 saturated carbocycles. The fourth-order valence-electron chi connectivity index (χ4n) is 3.82. The first kappa shape index (κ1) is 17.1. The quantitative estimate of drug-likeness (QED) is 0.873. The van der Waals surface area contributed by atoms with Crippen LogP contribution in [-0.2, 0) is 4.74 Å². The normalized spacial score (nSPS) is 18.7. The predicted octanol–water partition coefficient (Wildman–Crippen LogP) is 3.69. The maximum Gasteiger partial charge on any atom is 0.136 e. The third kappa shape index (κ3) is 4.07. The van der Waals surface area contributed by atoms with Gasteiger partial charge in [-0.05, 0) is 37.1 Å². The van der Waals surface area contributed by atoms with Crippen molar-refractivity contribution in [1.82, 2.24) is 9.97 Å². The summed E-state index contributed by atoms with van der Waals surface area (Å²) in [6, 6.07) is 10.3. The largest absolute Gasteiger partial charge is 0.384 e. The number of hydrogen-bond donors (Lipinski definition) is 2. The zero-order valence-electron chi connectivity index (χ0n) is 15.2. The summed E-state index contributed by atoms with van der Waals surface area (Å²) in [7, 11) is 0. The van der Waals surface area contributed by atoms with Crippen molar-refractivity contribution in [1.29, 1.82) is 0 Å². The van der Waals surface area contributed by atoms with E-state index in [-0.39, 0.29) is 0 Å². The molecule has 0 radical (unpaired) electrons. The molecule has 1 aromatic carbocycles. The molecule has 138 valence electrons. The number of hydrogen-bond acceptors (Lipinski definition) is 6. The van der Waals surface area contributed by atoms with Gasteiger partial charge in [0.05, 0.1) is 13.2 Å². The number of ether oxygens (including phenoxy) is 1. The summed E-state index contributed by atoms with van der Waals surface area (Å²) < 4.78 is 5.42. The Bertz CT molecular complexity index is 721. The van der Waals surface area contributed by atoms with Crippen LogP contribution in [0, 0.1) is 0 Å². The van der Waals surface area contributed by atoms with E-state index in [9.17, 15) is 0 Å². The summed E-state index contributed by atoms with van der Waals surface area (Å²) in [6.45, 7) is 3.48. The molecule has 2 heterocycles. The average Bonchev–Trinajstić information content (AvgIpc) is 2.69. The van der Waals surface area contributed by atoms with E-state index in [1.807, 2.05) is 6.07 Å². The molecule has 1 aromatic heterocycles. The van der Waals surface area contributed by atoms with E-state index in [0.29, 0.717) is 11.7 Å². The van der Waals surface area contributed by atoms with Crippen LogP contribution in [0.15, 0.2) is 30.3 Å². The number of morpholine rings is 1. The highest BCUT2D eigenvalue weighted by molar-refractivity contribution is 5.62. The predicted molar refractivity (Wildman–Crippen MR) is 105 cm³/mol. The maximum absolute atomic E-state index is 6.03. The highest BCUT2D eigenvalue weighted by Crippen LogP contribution is 2.32. The van der Waals surface area contributed by atoms with Crippen molar-refractivity contribution in [3.05, 3.63) is 36.2 Å². The SMILES string of the molecule is Nc1cc(Nc2ccc(N3CCOCC3)cc2)nc(C2CCCCC2)n1. The monoisotopic (exact) mass is 353 g/mol. The minimum atomic E-state index is 0.441. The first-order valence-electron chi connectivity index (χ1n) is 9.62. The molecule has 6 nitrogen and oxygen atoms in total. The Morgan fingerprint density at radius 1 is 1.00 bits per heavy atom. The molecule has 2 aliphatic rings. The molecule has 1 aliphatic heterocycles. The van der Waals surface area contributed by atoms with E-state index in [1.165, 1.54) is 24.9 Å². The summed E-state index contributed by atoms with van der Waals surface area (Å²) in [6.07, 6.45) is 6.16. The fraction of sp³-hybridized carbons (Fsp3) is 0.500. The van der Waals surface area contributed by atoms with Crippen LogP contribution < -0.4 is 16.0 Å². The van der Waals surface area contributed by atoms with Gasteiger partial charge < -0.3 is 20.7 Å². The van der Waals surface area contributed by atoms with Gasteiger partial charge in [-0.25, -0.2) is 9.97 Å². The van der Waals surface area contributed by atoms with Gasteiger partial charge >= 0.3 is 0 Å². The number of benzene rings is 1. The van der Waals surface area contributed by atoms with Gasteiger partial charge in [0.1, 0.15) is 17.5 Å². The number of nitrogens with one attached hydrogen (secondary N) is 1. The Balaban J connectivity index is 1.47. The van der Waals surface area contributed by atoms with Crippen LogP contribution in [-0.4, -0.2) is 36.3 Å². The zero-order valence-corrected chi connectivity index (χ0v) is 15.2. The van der Waals surface area contributed by atoms with Gasteiger partial charge in [0.25, 0.3) is 0 Å². The zero-order chi connectivity index (χ0) is 17.8. The van der Waals surface area contributed by atoms with Gasteiger partial charge in [0.15, 0.2) is 0 Å². The number of nitrogen functional groups attached to an aromatic ring is 1. The van der Waals surface area contributed by atoms with Crippen LogP contribution in [0.1, 0.15) is 43.8 Å². The van der Waals surface area contributed by atoms with Crippen molar-refractivity contribution in [2.45, 2.75) is 38.0 Å². The van der Waals surface area contributed by atoms with Crippen molar-refractivity contribution >= 4 is 23.0 Å². The van der Waals surface area contributed by atoms with E-state index < -0.39 is 0 Å². The molecule has 26 heavy (non-hydrogen) atoms. The summed E-state index contributed by atoms with van der Waals surface area (Å²) in [5, 5.41) is 3.38. The summed E-state index contributed by atoms with van der Waals surface area (Å²) in [5.41, 5.74) is 8.27. The first-order chi connectivity index (χ1) is 12.8. The minimum Gasteiger partial charge on any atom is -0.384 e. The second-order valence-electron chi connectivity index (χ2n) is 7.14. The van der Waals surface area contributed by atoms with Crippen LogP contribution in [0.25, 0.3) is 0 Å². The molecule has 2 aromatic rings. The Hall–Kier alpha value is -2.34. The van der Waals surface area contributed by atoms with Gasteiger partial charge in [-0.1, -0.05) is 19.3 Å².